The average molecular weight is 331 g/mol. The molecule has 2 rings (SSSR count). The first-order valence-corrected chi connectivity index (χ1v) is 6.08. The summed E-state index contributed by atoms with van der Waals surface area (Å²) >= 11 is 0. The summed E-state index contributed by atoms with van der Waals surface area (Å²) in [5.41, 5.74) is -0.733. The van der Waals surface area contributed by atoms with Crippen LogP contribution in [0.25, 0.3) is 11.1 Å². The molecule has 2 nitrogen and oxygen atoms in total. The van der Waals surface area contributed by atoms with Gasteiger partial charge in [0.1, 0.15) is 5.75 Å². The van der Waals surface area contributed by atoms with Crippen molar-refractivity contribution in [1.29, 1.82) is 5.26 Å². The summed E-state index contributed by atoms with van der Waals surface area (Å²) in [6.45, 7) is 0. The lowest BCUT2D eigenvalue weighted by Crippen LogP contribution is -2.16. The highest BCUT2D eigenvalue weighted by atomic mass is 19.4. The second-order valence-electron chi connectivity index (χ2n) is 4.44. The van der Waals surface area contributed by atoms with E-state index in [1.165, 1.54) is 12.1 Å². The molecule has 0 fully saturated rings. The Morgan fingerprint density at radius 3 is 1.96 bits per heavy atom. The zero-order chi connectivity index (χ0) is 17.3. The van der Waals surface area contributed by atoms with Crippen molar-refractivity contribution in [3.05, 3.63) is 53.6 Å². The van der Waals surface area contributed by atoms with Crippen LogP contribution in [0.15, 0.2) is 42.5 Å². The number of nitrogens with zero attached hydrogens (tertiary/aromatic N) is 1. The van der Waals surface area contributed by atoms with Crippen LogP contribution in [0.4, 0.5) is 26.3 Å². The zero-order valence-electron chi connectivity index (χ0n) is 11.2. The number of nitriles is 1. The van der Waals surface area contributed by atoms with Crippen molar-refractivity contribution in [3.63, 3.8) is 0 Å². The van der Waals surface area contributed by atoms with Gasteiger partial charge in [0.15, 0.2) is 0 Å². The van der Waals surface area contributed by atoms with Gasteiger partial charge in [-0.05, 0) is 35.4 Å². The van der Waals surface area contributed by atoms with E-state index in [0.717, 1.165) is 24.3 Å². The Morgan fingerprint density at radius 1 is 0.870 bits per heavy atom. The second kappa shape index (κ2) is 5.83. The first-order valence-electron chi connectivity index (χ1n) is 6.08. The van der Waals surface area contributed by atoms with Crippen LogP contribution >= 0.6 is 0 Å². The molecule has 0 bridgehead atoms. The fraction of sp³-hybridized carbons (Fsp3) is 0.133. The van der Waals surface area contributed by atoms with Gasteiger partial charge in [-0.1, -0.05) is 18.2 Å². The van der Waals surface area contributed by atoms with Crippen LogP contribution in [-0.4, -0.2) is 6.36 Å². The van der Waals surface area contributed by atoms with Gasteiger partial charge in [-0.25, -0.2) is 0 Å². The fourth-order valence-corrected chi connectivity index (χ4v) is 1.90. The molecular formula is C15H7F6NO. The lowest BCUT2D eigenvalue weighted by molar-refractivity contribution is -0.274. The molecule has 8 heteroatoms. The van der Waals surface area contributed by atoms with Gasteiger partial charge in [0.25, 0.3) is 0 Å². The summed E-state index contributed by atoms with van der Waals surface area (Å²) in [7, 11) is 0. The first-order chi connectivity index (χ1) is 10.6. The van der Waals surface area contributed by atoms with E-state index in [2.05, 4.69) is 4.74 Å². The number of rotatable bonds is 2. The third kappa shape index (κ3) is 4.16. The lowest BCUT2D eigenvalue weighted by Gasteiger charge is -2.11. The number of alkyl halides is 6. The molecule has 0 amide bonds. The molecule has 2 aromatic carbocycles. The van der Waals surface area contributed by atoms with E-state index in [1.54, 1.807) is 6.07 Å². The van der Waals surface area contributed by atoms with Crippen LogP contribution in [0.3, 0.4) is 0 Å². The van der Waals surface area contributed by atoms with Crippen molar-refractivity contribution in [1.82, 2.24) is 0 Å². The largest absolute Gasteiger partial charge is 0.573 e. The minimum absolute atomic E-state index is 0.180. The molecular weight excluding hydrogens is 324 g/mol. The molecule has 0 heterocycles. The van der Waals surface area contributed by atoms with Gasteiger partial charge < -0.3 is 4.74 Å². The molecule has 0 aliphatic heterocycles. The molecule has 0 aromatic heterocycles. The van der Waals surface area contributed by atoms with Gasteiger partial charge in [0, 0.05) is 0 Å². The average Bonchev–Trinajstić information content (AvgIpc) is 2.45. The summed E-state index contributed by atoms with van der Waals surface area (Å²) in [5.74, 6) is -0.466. The topological polar surface area (TPSA) is 33.0 Å². The standard InChI is InChI=1S/C15H7F6NO/c16-14(17,18)11-3-6-13(10(7-11)8-22)9-1-4-12(5-2-9)23-15(19,20)21/h1-7H. The maximum Gasteiger partial charge on any atom is 0.573 e. The maximum atomic E-state index is 12.6. The molecule has 0 radical (unpaired) electrons. The normalized spacial score (nSPS) is 11.9. The van der Waals surface area contributed by atoms with E-state index < -0.39 is 23.9 Å². The van der Waals surface area contributed by atoms with Crippen molar-refractivity contribution in [3.8, 4) is 22.9 Å². The molecule has 0 atom stereocenters. The third-order valence-electron chi connectivity index (χ3n) is 2.87. The summed E-state index contributed by atoms with van der Waals surface area (Å²) in [6.07, 6.45) is -9.43. The maximum absolute atomic E-state index is 12.6. The van der Waals surface area contributed by atoms with Gasteiger partial charge in [-0.2, -0.15) is 18.4 Å². The van der Waals surface area contributed by atoms with Crippen molar-refractivity contribution in [2.75, 3.05) is 0 Å². The number of benzene rings is 2. The number of hydrogen-bond donors (Lipinski definition) is 0. The summed E-state index contributed by atoms with van der Waals surface area (Å²) in [4.78, 5) is 0. The second-order valence-corrected chi connectivity index (χ2v) is 4.44. The van der Waals surface area contributed by atoms with Crippen molar-refractivity contribution >= 4 is 0 Å². The van der Waals surface area contributed by atoms with Crippen LogP contribution in [0.5, 0.6) is 5.75 Å². The predicted octanol–water partition coefficient (Wildman–Crippen LogP) is 5.14. The Kier molecular flexibility index (Phi) is 4.23. The summed E-state index contributed by atoms with van der Waals surface area (Å²) in [6, 6.07) is 8.72. The molecule has 23 heavy (non-hydrogen) atoms. The molecule has 0 aliphatic carbocycles. The Morgan fingerprint density at radius 2 is 1.48 bits per heavy atom. The highest BCUT2D eigenvalue weighted by Gasteiger charge is 2.32. The van der Waals surface area contributed by atoms with E-state index >= 15 is 0 Å². The van der Waals surface area contributed by atoms with Crippen LogP contribution < -0.4 is 4.74 Å². The third-order valence-corrected chi connectivity index (χ3v) is 2.87. The van der Waals surface area contributed by atoms with E-state index in [9.17, 15) is 26.3 Å². The van der Waals surface area contributed by atoms with Crippen molar-refractivity contribution in [2.24, 2.45) is 0 Å². The highest BCUT2D eigenvalue weighted by molar-refractivity contribution is 5.71. The molecule has 0 unspecified atom stereocenters. The molecule has 0 N–H and O–H groups in total. The zero-order valence-corrected chi connectivity index (χ0v) is 11.2. The Hall–Kier alpha value is -2.69. The van der Waals surface area contributed by atoms with Crippen molar-refractivity contribution < 1.29 is 31.1 Å². The first kappa shape index (κ1) is 16.7. The lowest BCUT2D eigenvalue weighted by atomic mass is 9.98. The minimum atomic E-state index is -4.84. The van der Waals surface area contributed by atoms with Gasteiger partial charge in [-0.15, -0.1) is 13.2 Å². The summed E-state index contributed by atoms with van der Waals surface area (Å²) in [5, 5.41) is 8.99. The van der Waals surface area contributed by atoms with E-state index in [1.807, 2.05) is 0 Å². The van der Waals surface area contributed by atoms with Crippen LogP contribution in [-0.2, 0) is 6.18 Å². The minimum Gasteiger partial charge on any atom is -0.406 e. The molecule has 0 spiro atoms. The van der Waals surface area contributed by atoms with E-state index in [0.29, 0.717) is 11.6 Å². The molecule has 120 valence electrons. The SMILES string of the molecule is N#Cc1cc(C(F)(F)F)ccc1-c1ccc(OC(F)(F)F)cc1. The van der Waals surface area contributed by atoms with Crippen LogP contribution in [0, 0.1) is 11.3 Å². The van der Waals surface area contributed by atoms with Gasteiger partial charge in [0.05, 0.1) is 17.2 Å². The number of hydrogen-bond acceptors (Lipinski definition) is 2. The van der Waals surface area contributed by atoms with Crippen molar-refractivity contribution in [2.45, 2.75) is 12.5 Å². The van der Waals surface area contributed by atoms with Gasteiger partial charge >= 0.3 is 12.5 Å². The highest BCUT2D eigenvalue weighted by Crippen LogP contribution is 2.34. The summed E-state index contributed by atoms with van der Waals surface area (Å²) < 4.78 is 77.8. The van der Waals surface area contributed by atoms with Crippen LogP contribution in [0.1, 0.15) is 11.1 Å². The Labute approximate surface area is 126 Å². The monoisotopic (exact) mass is 331 g/mol. The van der Waals surface area contributed by atoms with Gasteiger partial charge in [0.2, 0.25) is 0 Å². The Bertz CT molecular complexity index is 741. The smallest absolute Gasteiger partial charge is 0.406 e. The van der Waals surface area contributed by atoms with E-state index in [4.69, 9.17) is 5.26 Å². The molecule has 2 aromatic rings. The quantitative estimate of drug-likeness (QED) is 0.714. The Balaban J connectivity index is 2.37. The number of ether oxygens (including phenoxy) is 1. The molecule has 0 saturated carbocycles. The predicted molar refractivity (Wildman–Crippen MR) is 68.3 cm³/mol. The molecule has 0 aliphatic rings. The van der Waals surface area contributed by atoms with Gasteiger partial charge in [-0.3, -0.25) is 0 Å². The van der Waals surface area contributed by atoms with E-state index in [-0.39, 0.29) is 11.1 Å². The molecule has 0 saturated heterocycles. The van der Waals surface area contributed by atoms with Crippen LogP contribution in [0.2, 0.25) is 0 Å². The number of halogens is 6. The fourth-order valence-electron chi connectivity index (χ4n) is 1.90.